The van der Waals surface area contributed by atoms with Gasteiger partial charge in [-0.2, -0.15) is 0 Å². The summed E-state index contributed by atoms with van der Waals surface area (Å²) in [6.07, 6.45) is -3.53. The van der Waals surface area contributed by atoms with Gasteiger partial charge in [0, 0.05) is 11.3 Å². The Kier molecular flexibility index (Phi) is 9.51. The smallest absolute Gasteiger partial charge is 0.417 e. The molecule has 0 radical (unpaired) electrons. The van der Waals surface area contributed by atoms with Crippen molar-refractivity contribution in [2.75, 3.05) is 25.5 Å². The number of benzene rings is 1. The summed E-state index contributed by atoms with van der Waals surface area (Å²) >= 11 is 0.915. The number of nitrogens with one attached hydrogen (secondary N) is 1. The zero-order chi connectivity index (χ0) is 28.7. The Bertz CT molecular complexity index is 1150. The lowest BCUT2D eigenvalue weighted by molar-refractivity contribution is -0.166. The average Bonchev–Trinajstić information content (AvgIpc) is 2.90. The molecule has 15 heteroatoms. The van der Waals surface area contributed by atoms with E-state index in [1.807, 2.05) is 0 Å². The van der Waals surface area contributed by atoms with Gasteiger partial charge in [-0.05, 0) is 13.8 Å². The van der Waals surface area contributed by atoms with E-state index in [9.17, 15) is 38.7 Å². The van der Waals surface area contributed by atoms with Gasteiger partial charge < -0.3 is 29.5 Å². The predicted octanol–water partition coefficient (Wildman–Crippen LogP) is 0.0623. The summed E-state index contributed by atoms with van der Waals surface area (Å²) < 4.78 is 14.6. The molecule has 3 rings (SSSR count). The van der Waals surface area contributed by atoms with Crippen LogP contribution in [-0.4, -0.2) is 99.6 Å². The van der Waals surface area contributed by atoms with Crippen molar-refractivity contribution in [1.29, 1.82) is 0 Å². The molecule has 0 saturated carbocycles. The normalized spacial score (nSPS) is 22.3. The number of rotatable bonds is 11. The van der Waals surface area contributed by atoms with E-state index in [1.165, 1.54) is 13.8 Å². The molecule has 2 heterocycles. The third-order valence-corrected chi connectivity index (χ3v) is 7.54. The second-order valence-electron chi connectivity index (χ2n) is 8.42. The number of nitrogens with zero attached hydrogens (tertiary/aromatic N) is 2. The Morgan fingerprint density at radius 2 is 1.85 bits per heavy atom. The van der Waals surface area contributed by atoms with Crippen LogP contribution in [0.15, 0.2) is 30.3 Å². The first kappa shape index (κ1) is 29.4. The number of carboxylic acid groups (broad SMARTS) is 1. The van der Waals surface area contributed by atoms with Gasteiger partial charge in [-0.25, -0.2) is 14.5 Å². The summed E-state index contributed by atoms with van der Waals surface area (Å²) in [5.41, 5.74) is -1.88. The van der Waals surface area contributed by atoms with Crippen molar-refractivity contribution in [1.82, 2.24) is 15.1 Å². The lowest BCUT2D eigenvalue weighted by Gasteiger charge is -2.55. The van der Waals surface area contributed by atoms with Gasteiger partial charge in [0.05, 0.1) is 19.8 Å². The number of carbonyl (C=O) groups is 7. The number of ether oxygens (including phenoxy) is 3. The van der Waals surface area contributed by atoms with Gasteiger partial charge in [0.2, 0.25) is 17.9 Å². The summed E-state index contributed by atoms with van der Waals surface area (Å²) in [6, 6.07) is 7.04. The monoisotopic (exact) mass is 565 g/mol. The third kappa shape index (κ3) is 5.97. The minimum absolute atomic E-state index is 0.0362. The third-order valence-electron chi connectivity index (χ3n) is 6.02. The Balaban J connectivity index is 1.81. The second kappa shape index (κ2) is 12.6. The molecule has 3 unspecified atom stereocenters. The first-order chi connectivity index (χ1) is 18.6. The van der Waals surface area contributed by atoms with Crippen LogP contribution in [0, 0.1) is 0 Å². The van der Waals surface area contributed by atoms with E-state index in [0.29, 0.717) is 10.5 Å². The molecule has 4 amide bonds. The maximum Gasteiger partial charge on any atom is 0.417 e. The summed E-state index contributed by atoms with van der Waals surface area (Å²) in [6.45, 7) is 2.25. The van der Waals surface area contributed by atoms with Gasteiger partial charge in [0.25, 0.3) is 12.4 Å². The van der Waals surface area contributed by atoms with Gasteiger partial charge in [0.1, 0.15) is 17.8 Å². The maximum atomic E-state index is 13.0. The number of β-lactam (4-membered cyclic amide) rings is 1. The number of carbonyl (C=O) groups excluding carboxylic acids is 6. The summed E-state index contributed by atoms with van der Waals surface area (Å²) in [5.74, 6) is -5.54. The SMILES string of the molecule is CCOC(=O)CC(=O)N(C(=O)OCC)C1(C(=O)O)CS[C@@H]2C(NC(=O)C(OC=O)c3ccccc3)C(=O)N2C1. The first-order valence-electron chi connectivity index (χ1n) is 11.9. The van der Waals surface area contributed by atoms with Gasteiger partial charge in [-0.15, -0.1) is 11.8 Å². The maximum absolute atomic E-state index is 13.0. The molecule has 210 valence electrons. The molecule has 2 N–H and O–H groups in total. The number of hydrogen-bond acceptors (Lipinski definition) is 11. The van der Waals surface area contributed by atoms with E-state index in [4.69, 9.17) is 14.2 Å². The molecule has 0 spiro atoms. The number of hydrogen-bond donors (Lipinski definition) is 2. The number of carboxylic acids is 1. The molecule has 1 aromatic carbocycles. The van der Waals surface area contributed by atoms with E-state index in [-0.39, 0.29) is 25.4 Å². The van der Waals surface area contributed by atoms with Gasteiger partial charge in [-0.1, -0.05) is 30.3 Å². The molecule has 4 atom stereocenters. The van der Waals surface area contributed by atoms with Crippen LogP contribution in [-0.2, 0) is 43.0 Å². The Labute approximate surface area is 226 Å². The largest absolute Gasteiger partial charge is 0.479 e. The fourth-order valence-corrected chi connectivity index (χ4v) is 5.77. The minimum Gasteiger partial charge on any atom is -0.479 e. The number of imide groups is 1. The molecule has 39 heavy (non-hydrogen) atoms. The predicted molar refractivity (Wildman–Crippen MR) is 132 cm³/mol. The number of esters is 1. The van der Waals surface area contributed by atoms with Crippen LogP contribution in [0.3, 0.4) is 0 Å². The highest BCUT2D eigenvalue weighted by atomic mass is 32.2. The van der Waals surface area contributed by atoms with Gasteiger partial charge in [0.15, 0.2) is 5.54 Å². The average molecular weight is 566 g/mol. The van der Waals surface area contributed by atoms with E-state index in [0.717, 1.165) is 16.7 Å². The zero-order valence-electron chi connectivity index (χ0n) is 21.1. The minimum atomic E-state index is -2.26. The topological polar surface area (TPSA) is 186 Å². The lowest BCUT2D eigenvalue weighted by Crippen LogP contribution is -2.78. The fourth-order valence-electron chi connectivity index (χ4n) is 4.24. The van der Waals surface area contributed by atoms with Crippen LogP contribution in [0.4, 0.5) is 4.79 Å². The van der Waals surface area contributed by atoms with E-state index >= 15 is 0 Å². The molecular formula is C24H27N3O11S. The van der Waals surface area contributed by atoms with E-state index in [1.54, 1.807) is 30.3 Å². The van der Waals surface area contributed by atoms with Crippen molar-refractivity contribution in [3.8, 4) is 0 Å². The Morgan fingerprint density at radius 1 is 1.18 bits per heavy atom. The van der Waals surface area contributed by atoms with Crippen LogP contribution in [0.1, 0.15) is 31.9 Å². The van der Waals surface area contributed by atoms with Crippen LogP contribution < -0.4 is 5.32 Å². The fraction of sp³-hybridized carbons (Fsp3) is 0.458. The van der Waals surface area contributed by atoms with Crippen molar-refractivity contribution in [2.24, 2.45) is 0 Å². The lowest BCUT2D eigenvalue weighted by atomic mass is 9.94. The van der Waals surface area contributed by atoms with Crippen molar-refractivity contribution in [2.45, 2.75) is 43.3 Å². The van der Waals surface area contributed by atoms with Crippen LogP contribution in [0.25, 0.3) is 0 Å². The van der Waals surface area contributed by atoms with Crippen molar-refractivity contribution < 1.29 is 52.9 Å². The van der Waals surface area contributed by atoms with Crippen LogP contribution in [0.5, 0.6) is 0 Å². The summed E-state index contributed by atoms with van der Waals surface area (Å²) in [5, 5.41) is 12.0. The number of fused-ring (bicyclic) bond motifs is 1. The molecule has 1 aromatic rings. The van der Waals surface area contributed by atoms with Gasteiger partial charge in [-0.3, -0.25) is 24.0 Å². The van der Waals surface area contributed by atoms with Crippen LogP contribution >= 0.6 is 11.8 Å². The quantitative estimate of drug-likeness (QED) is 0.121. The molecule has 2 aliphatic rings. The zero-order valence-corrected chi connectivity index (χ0v) is 21.9. The standard InChI is InChI=1S/C24H27N3O11S/c1-3-36-16(30)10-15(29)27(23(35)37-4-2)24(22(33)34)11-26-20(32)17(21(26)39-12-24)25-19(31)18(38-13-28)14-8-6-5-7-9-14/h5-9,13,17-18,21H,3-4,10-12H2,1-2H3,(H,25,31)(H,33,34)/t17?,18?,21-,24?/m1/s1. The summed E-state index contributed by atoms with van der Waals surface area (Å²) in [7, 11) is 0. The second-order valence-corrected chi connectivity index (χ2v) is 9.53. The van der Waals surface area contributed by atoms with Crippen molar-refractivity contribution >= 4 is 54.0 Å². The number of thioether (sulfide) groups is 1. The highest BCUT2D eigenvalue weighted by Gasteiger charge is 2.62. The first-order valence-corrected chi connectivity index (χ1v) is 12.9. The molecular weight excluding hydrogens is 538 g/mol. The molecule has 0 bridgehead atoms. The Hall–Kier alpha value is -4.14. The van der Waals surface area contributed by atoms with E-state index < -0.39 is 71.8 Å². The van der Waals surface area contributed by atoms with Crippen molar-refractivity contribution in [3.05, 3.63) is 35.9 Å². The molecule has 2 fully saturated rings. The highest BCUT2D eigenvalue weighted by Crippen LogP contribution is 2.41. The molecule has 2 saturated heterocycles. The highest BCUT2D eigenvalue weighted by molar-refractivity contribution is 8.00. The molecule has 2 aliphatic heterocycles. The molecule has 0 aromatic heterocycles. The Morgan fingerprint density at radius 3 is 2.44 bits per heavy atom. The van der Waals surface area contributed by atoms with Crippen molar-refractivity contribution in [3.63, 3.8) is 0 Å². The molecule has 0 aliphatic carbocycles. The van der Waals surface area contributed by atoms with Gasteiger partial charge >= 0.3 is 18.0 Å². The van der Waals surface area contributed by atoms with Crippen LogP contribution in [0.2, 0.25) is 0 Å². The number of aliphatic carboxylic acids is 1. The molecule has 14 nitrogen and oxygen atoms in total. The van der Waals surface area contributed by atoms with E-state index in [2.05, 4.69) is 5.32 Å². The number of amides is 4. The summed E-state index contributed by atoms with van der Waals surface area (Å²) in [4.78, 5) is 88.5.